The van der Waals surface area contributed by atoms with Crippen molar-refractivity contribution in [2.75, 3.05) is 5.32 Å². The topological polar surface area (TPSA) is 66.4 Å². The van der Waals surface area contributed by atoms with Crippen LogP contribution in [0.3, 0.4) is 0 Å². The predicted molar refractivity (Wildman–Crippen MR) is 59.2 cm³/mol. The molecule has 0 spiro atoms. The lowest BCUT2D eigenvalue weighted by Crippen LogP contribution is -2.42. The van der Waals surface area contributed by atoms with Crippen LogP contribution in [-0.2, 0) is 15.0 Å². The molecule has 1 unspecified atom stereocenters. The van der Waals surface area contributed by atoms with Gasteiger partial charge in [-0.05, 0) is 12.5 Å². The number of hydrogen-bond donors (Lipinski definition) is 2. The number of para-hydroxylation sites is 1. The van der Waals surface area contributed by atoms with Gasteiger partial charge in [-0.3, -0.25) is 9.59 Å². The fraction of sp³-hybridized carbons (Fsp3) is 0.167. The molecule has 2 N–H and O–H groups in total. The first kappa shape index (κ1) is 10.4. The van der Waals surface area contributed by atoms with Crippen LogP contribution in [0.25, 0.3) is 0 Å². The molecule has 0 saturated carbocycles. The minimum Gasteiger partial charge on any atom is -0.480 e. The Morgan fingerprint density at radius 1 is 1.50 bits per heavy atom. The highest BCUT2D eigenvalue weighted by molar-refractivity contribution is 6.19. The fourth-order valence-electron chi connectivity index (χ4n) is 2.03. The molecule has 0 aromatic heterocycles. The zero-order valence-corrected chi connectivity index (χ0v) is 8.56. The van der Waals surface area contributed by atoms with Gasteiger partial charge < -0.3 is 10.4 Å². The lowest BCUT2D eigenvalue weighted by Gasteiger charge is -2.20. The summed E-state index contributed by atoms with van der Waals surface area (Å²) < 4.78 is 0. The molecule has 16 heavy (non-hydrogen) atoms. The molecule has 1 atom stereocenters. The molecule has 0 aliphatic carbocycles. The van der Waals surface area contributed by atoms with Gasteiger partial charge in [0.05, 0.1) is 0 Å². The third-order valence-corrected chi connectivity index (χ3v) is 2.84. The average Bonchev–Trinajstić information content (AvgIpc) is 2.53. The maximum atomic E-state index is 11.8. The van der Waals surface area contributed by atoms with Crippen molar-refractivity contribution in [3.8, 4) is 0 Å². The quantitative estimate of drug-likeness (QED) is 0.596. The van der Waals surface area contributed by atoms with E-state index in [1.165, 1.54) is 6.08 Å². The van der Waals surface area contributed by atoms with E-state index in [4.69, 9.17) is 0 Å². The van der Waals surface area contributed by atoms with Crippen molar-refractivity contribution >= 4 is 17.6 Å². The number of amides is 1. The van der Waals surface area contributed by atoms with E-state index >= 15 is 0 Å². The Hall–Kier alpha value is -2.10. The van der Waals surface area contributed by atoms with Gasteiger partial charge in [-0.15, -0.1) is 6.58 Å². The van der Waals surface area contributed by atoms with Crippen molar-refractivity contribution in [2.24, 2.45) is 0 Å². The Balaban J connectivity index is 2.66. The van der Waals surface area contributed by atoms with Crippen LogP contribution in [0.15, 0.2) is 36.9 Å². The van der Waals surface area contributed by atoms with Gasteiger partial charge in [-0.25, -0.2) is 0 Å². The number of allylic oxidation sites excluding steroid dienone is 1. The third-order valence-electron chi connectivity index (χ3n) is 2.84. The Bertz CT molecular complexity index is 481. The number of nitrogens with one attached hydrogen (secondary N) is 1. The standard InChI is InChI=1S/C12H11NO3/c1-2-7-12(11(15)16)8-5-3-4-6-9(8)13-10(12)14/h2-6H,1,7H2,(H,13,14)(H,15,16). The van der Waals surface area contributed by atoms with Crippen molar-refractivity contribution in [2.45, 2.75) is 11.8 Å². The van der Waals surface area contributed by atoms with Crippen LogP contribution in [0.2, 0.25) is 0 Å². The first-order chi connectivity index (χ1) is 7.63. The summed E-state index contributed by atoms with van der Waals surface area (Å²) in [4.78, 5) is 23.2. The summed E-state index contributed by atoms with van der Waals surface area (Å²) in [5, 5.41) is 11.9. The van der Waals surface area contributed by atoms with Crippen molar-refractivity contribution in [1.29, 1.82) is 0 Å². The molecule has 0 bridgehead atoms. The summed E-state index contributed by atoms with van der Waals surface area (Å²) in [6, 6.07) is 6.83. The molecular formula is C12H11NO3. The van der Waals surface area contributed by atoms with Crippen LogP contribution in [0, 0.1) is 0 Å². The van der Waals surface area contributed by atoms with Gasteiger partial charge in [0.2, 0.25) is 5.91 Å². The van der Waals surface area contributed by atoms with Gasteiger partial charge in [-0.2, -0.15) is 0 Å². The second kappa shape index (κ2) is 3.48. The van der Waals surface area contributed by atoms with Gasteiger partial charge in [0, 0.05) is 11.3 Å². The van der Waals surface area contributed by atoms with Crippen LogP contribution in [0.1, 0.15) is 12.0 Å². The Kier molecular flexibility index (Phi) is 2.27. The molecular weight excluding hydrogens is 206 g/mol. The number of hydrogen-bond acceptors (Lipinski definition) is 2. The van der Waals surface area contributed by atoms with Gasteiger partial charge >= 0.3 is 5.97 Å². The Labute approximate surface area is 92.6 Å². The highest BCUT2D eigenvalue weighted by Crippen LogP contribution is 2.40. The second-order valence-electron chi connectivity index (χ2n) is 3.70. The number of fused-ring (bicyclic) bond motifs is 1. The number of carboxylic acids is 1. The summed E-state index contributed by atoms with van der Waals surface area (Å²) in [7, 11) is 0. The molecule has 0 radical (unpaired) electrons. The van der Waals surface area contributed by atoms with Crippen LogP contribution >= 0.6 is 0 Å². The first-order valence-corrected chi connectivity index (χ1v) is 4.88. The number of anilines is 1. The highest BCUT2D eigenvalue weighted by Gasteiger charge is 2.52. The summed E-state index contributed by atoms with van der Waals surface area (Å²) in [5.74, 6) is -1.64. The molecule has 4 heteroatoms. The molecule has 0 saturated heterocycles. The zero-order chi connectivity index (χ0) is 11.8. The summed E-state index contributed by atoms with van der Waals surface area (Å²) >= 11 is 0. The smallest absolute Gasteiger partial charge is 0.324 e. The second-order valence-corrected chi connectivity index (χ2v) is 3.70. The highest BCUT2D eigenvalue weighted by atomic mass is 16.4. The van der Waals surface area contributed by atoms with E-state index in [-0.39, 0.29) is 6.42 Å². The number of benzene rings is 1. The lowest BCUT2D eigenvalue weighted by molar-refractivity contribution is -0.147. The Morgan fingerprint density at radius 3 is 2.81 bits per heavy atom. The van der Waals surface area contributed by atoms with Crippen LogP contribution in [-0.4, -0.2) is 17.0 Å². The number of rotatable bonds is 3. The van der Waals surface area contributed by atoms with E-state index in [1.807, 2.05) is 0 Å². The van der Waals surface area contributed by atoms with E-state index in [1.54, 1.807) is 24.3 Å². The number of carboxylic acid groups (broad SMARTS) is 1. The maximum absolute atomic E-state index is 11.8. The van der Waals surface area contributed by atoms with Gasteiger partial charge in [-0.1, -0.05) is 24.3 Å². The van der Waals surface area contributed by atoms with E-state index < -0.39 is 17.3 Å². The largest absolute Gasteiger partial charge is 0.480 e. The van der Waals surface area contributed by atoms with Crippen LogP contribution < -0.4 is 5.32 Å². The SMILES string of the molecule is C=CCC1(C(=O)O)C(=O)Nc2ccccc21. The van der Waals surface area contributed by atoms with Crippen molar-refractivity contribution < 1.29 is 14.7 Å². The molecule has 82 valence electrons. The molecule has 1 aromatic rings. The molecule has 0 fully saturated rings. The maximum Gasteiger partial charge on any atom is 0.324 e. The predicted octanol–water partition coefficient (Wildman–Crippen LogP) is 1.54. The molecule has 1 aliphatic rings. The van der Waals surface area contributed by atoms with Crippen LogP contribution in [0.4, 0.5) is 5.69 Å². The summed E-state index contributed by atoms with van der Waals surface area (Å²) in [5.41, 5.74) is -0.442. The van der Waals surface area contributed by atoms with E-state index in [0.717, 1.165) is 0 Å². The van der Waals surface area contributed by atoms with Crippen molar-refractivity contribution in [3.63, 3.8) is 0 Å². The molecule has 1 heterocycles. The number of aliphatic carboxylic acids is 1. The minimum absolute atomic E-state index is 0.0885. The molecule has 1 amide bonds. The molecule has 2 rings (SSSR count). The normalized spacial score (nSPS) is 22.4. The van der Waals surface area contributed by atoms with Gasteiger partial charge in [0.15, 0.2) is 5.41 Å². The monoisotopic (exact) mass is 217 g/mol. The number of carbonyl (C=O) groups excluding carboxylic acids is 1. The zero-order valence-electron chi connectivity index (χ0n) is 8.56. The average molecular weight is 217 g/mol. The molecule has 1 aliphatic heterocycles. The Morgan fingerprint density at radius 2 is 2.19 bits per heavy atom. The summed E-state index contributed by atoms with van der Waals surface area (Å²) in [6.07, 6.45) is 1.54. The van der Waals surface area contributed by atoms with E-state index in [9.17, 15) is 14.7 Å². The van der Waals surface area contributed by atoms with E-state index in [2.05, 4.69) is 11.9 Å². The van der Waals surface area contributed by atoms with Crippen LogP contribution in [0.5, 0.6) is 0 Å². The molecule has 1 aromatic carbocycles. The van der Waals surface area contributed by atoms with E-state index in [0.29, 0.717) is 11.3 Å². The lowest BCUT2D eigenvalue weighted by atomic mass is 9.79. The first-order valence-electron chi connectivity index (χ1n) is 4.88. The van der Waals surface area contributed by atoms with Crippen molar-refractivity contribution in [3.05, 3.63) is 42.5 Å². The van der Waals surface area contributed by atoms with Crippen molar-refractivity contribution in [1.82, 2.24) is 0 Å². The van der Waals surface area contributed by atoms with Gasteiger partial charge in [0.25, 0.3) is 0 Å². The molecule has 4 nitrogen and oxygen atoms in total. The summed E-state index contributed by atoms with van der Waals surface area (Å²) in [6.45, 7) is 3.52. The minimum atomic E-state index is -1.52. The third kappa shape index (κ3) is 1.16. The fourth-order valence-corrected chi connectivity index (χ4v) is 2.03. The number of carbonyl (C=O) groups is 2. The van der Waals surface area contributed by atoms with Gasteiger partial charge in [0.1, 0.15) is 0 Å².